The normalized spacial score (nSPS) is 11.5. The Bertz CT molecular complexity index is 3580. The zero-order chi connectivity index (χ0) is 41.7. The summed E-state index contributed by atoms with van der Waals surface area (Å²) in [4.78, 5) is 2.44. The summed E-state index contributed by atoms with van der Waals surface area (Å²) in [6, 6.07) is 91.3. The molecule has 294 valence electrons. The fourth-order valence-corrected chi connectivity index (χ4v) is 9.81. The van der Waals surface area contributed by atoms with Crippen LogP contribution >= 0.6 is 0 Å². The fourth-order valence-electron chi connectivity index (χ4n) is 9.81. The molecule has 0 aliphatic rings. The molecule has 0 radical (unpaired) electrons. The highest BCUT2D eigenvalue weighted by Gasteiger charge is 2.20. The average molecular weight is 800 g/mol. The van der Waals surface area contributed by atoms with Gasteiger partial charge in [0.05, 0.1) is 0 Å². The third kappa shape index (κ3) is 6.50. The molecule has 0 bridgehead atoms. The van der Waals surface area contributed by atoms with Crippen LogP contribution in [0.1, 0.15) is 0 Å². The summed E-state index contributed by atoms with van der Waals surface area (Å²) in [7, 11) is 0. The third-order valence-corrected chi connectivity index (χ3v) is 12.8. The minimum absolute atomic E-state index is 1.08. The van der Waals surface area contributed by atoms with Crippen LogP contribution in [0.2, 0.25) is 0 Å². The van der Waals surface area contributed by atoms with E-state index in [9.17, 15) is 0 Å². The van der Waals surface area contributed by atoms with E-state index in [1.54, 1.807) is 0 Å². The highest BCUT2D eigenvalue weighted by Crippen LogP contribution is 2.46. The van der Waals surface area contributed by atoms with E-state index in [1.807, 2.05) is 0 Å². The molecule has 0 saturated heterocycles. The Hall–Kier alpha value is -8.26. The van der Waals surface area contributed by atoms with Crippen LogP contribution in [0.4, 0.5) is 17.1 Å². The van der Waals surface area contributed by atoms with Gasteiger partial charge >= 0.3 is 0 Å². The van der Waals surface area contributed by atoms with E-state index in [1.165, 1.54) is 98.4 Å². The zero-order valence-corrected chi connectivity index (χ0v) is 34.6. The highest BCUT2D eigenvalue weighted by molar-refractivity contribution is 6.15. The maximum atomic E-state index is 2.44. The molecular weight excluding hydrogens is 759 g/mol. The molecule has 0 saturated carbocycles. The van der Waals surface area contributed by atoms with Crippen molar-refractivity contribution in [2.24, 2.45) is 0 Å². The van der Waals surface area contributed by atoms with Crippen LogP contribution in [-0.4, -0.2) is 0 Å². The summed E-state index contributed by atoms with van der Waals surface area (Å²) >= 11 is 0. The van der Waals surface area contributed by atoms with E-state index in [4.69, 9.17) is 0 Å². The van der Waals surface area contributed by atoms with E-state index < -0.39 is 0 Å². The molecule has 0 fully saturated rings. The Morgan fingerprint density at radius 1 is 0.190 bits per heavy atom. The van der Waals surface area contributed by atoms with Gasteiger partial charge in [0.15, 0.2) is 0 Å². The first-order valence-corrected chi connectivity index (χ1v) is 21.7. The predicted octanol–water partition coefficient (Wildman–Crippen LogP) is 17.6. The van der Waals surface area contributed by atoms with Crippen LogP contribution in [0.15, 0.2) is 249 Å². The van der Waals surface area contributed by atoms with Crippen molar-refractivity contribution >= 4 is 70.9 Å². The minimum Gasteiger partial charge on any atom is -0.310 e. The van der Waals surface area contributed by atoms with Crippen LogP contribution < -0.4 is 4.90 Å². The van der Waals surface area contributed by atoms with Crippen molar-refractivity contribution in [2.75, 3.05) is 4.90 Å². The van der Waals surface area contributed by atoms with Crippen LogP contribution in [0, 0.1) is 0 Å². The van der Waals surface area contributed by atoms with Gasteiger partial charge in [-0.2, -0.15) is 0 Å². The first-order chi connectivity index (χ1) is 31.2. The topological polar surface area (TPSA) is 3.24 Å². The number of rotatable bonds is 7. The van der Waals surface area contributed by atoms with Gasteiger partial charge in [-0.1, -0.05) is 200 Å². The number of nitrogens with zero attached hydrogens (tertiary/aromatic N) is 1. The Labute approximate surface area is 367 Å². The van der Waals surface area contributed by atoms with Crippen molar-refractivity contribution in [3.8, 4) is 44.5 Å². The standard InChI is InChI=1S/C62H41N/c1-2-18-45-37-49(34-33-42(45)15-1)61-41-52(35-36-60(61)62-40-48-19-5-8-28-57(48)58-29-9-10-30-59(58)62)63(50-24-11-22-46(38-50)55-31-13-20-43-16-3-6-26-53(43)55)51-25-12-23-47(39-51)56-32-14-21-44-17-4-7-27-54(44)56/h1-41H. The molecule has 63 heavy (non-hydrogen) atoms. The highest BCUT2D eigenvalue weighted by atomic mass is 15.1. The number of hydrogen-bond acceptors (Lipinski definition) is 1. The van der Waals surface area contributed by atoms with Gasteiger partial charge in [-0.25, -0.2) is 0 Å². The third-order valence-electron chi connectivity index (χ3n) is 12.8. The summed E-state index contributed by atoms with van der Waals surface area (Å²) in [6.45, 7) is 0. The molecule has 0 atom stereocenters. The van der Waals surface area contributed by atoms with Gasteiger partial charge in [-0.05, 0) is 147 Å². The Kier molecular flexibility index (Phi) is 8.90. The summed E-state index contributed by atoms with van der Waals surface area (Å²) < 4.78 is 0. The van der Waals surface area contributed by atoms with Gasteiger partial charge in [0.25, 0.3) is 0 Å². The molecule has 0 aliphatic heterocycles. The van der Waals surface area contributed by atoms with Crippen LogP contribution in [0.25, 0.3) is 98.4 Å². The van der Waals surface area contributed by atoms with Crippen molar-refractivity contribution in [1.82, 2.24) is 0 Å². The van der Waals surface area contributed by atoms with E-state index in [-0.39, 0.29) is 0 Å². The lowest BCUT2D eigenvalue weighted by Crippen LogP contribution is -2.10. The molecule has 0 heterocycles. The number of fused-ring (bicyclic) bond motifs is 6. The first-order valence-electron chi connectivity index (χ1n) is 21.7. The summed E-state index contributed by atoms with van der Waals surface area (Å²) in [5.41, 5.74) is 12.8. The Balaban J connectivity index is 1.11. The zero-order valence-electron chi connectivity index (χ0n) is 34.6. The van der Waals surface area contributed by atoms with Gasteiger partial charge < -0.3 is 4.90 Å². The van der Waals surface area contributed by atoms with Crippen LogP contribution in [0.5, 0.6) is 0 Å². The van der Waals surface area contributed by atoms with E-state index in [0.29, 0.717) is 0 Å². The van der Waals surface area contributed by atoms with Crippen molar-refractivity contribution < 1.29 is 0 Å². The second-order valence-corrected chi connectivity index (χ2v) is 16.5. The molecule has 1 nitrogen and oxygen atoms in total. The lowest BCUT2D eigenvalue weighted by Gasteiger charge is -2.28. The minimum atomic E-state index is 1.08. The first kappa shape index (κ1) is 36.6. The van der Waals surface area contributed by atoms with Crippen molar-refractivity contribution in [1.29, 1.82) is 0 Å². The van der Waals surface area contributed by atoms with Gasteiger partial charge in [-0.15, -0.1) is 0 Å². The van der Waals surface area contributed by atoms with Crippen LogP contribution in [-0.2, 0) is 0 Å². The largest absolute Gasteiger partial charge is 0.310 e. The van der Waals surface area contributed by atoms with Gasteiger partial charge in [-0.3, -0.25) is 0 Å². The molecule has 1 heteroatoms. The number of hydrogen-bond donors (Lipinski definition) is 0. The van der Waals surface area contributed by atoms with E-state index in [2.05, 4.69) is 254 Å². The molecule has 0 aromatic heterocycles. The van der Waals surface area contributed by atoms with Crippen LogP contribution in [0.3, 0.4) is 0 Å². The predicted molar refractivity (Wildman–Crippen MR) is 270 cm³/mol. The van der Waals surface area contributed by atoms with Crippen molar-refractivity contribution in [3.05, 3.63) is 249 Å². The Morgan fingerprint density at radius 3 is 1.32 bits per heavy atom. The molecule has 12 aromatic rings. The van der Waals surface area contributed by atoms with E-state index >= 15 is 0 Å². The van der Waals surface area contributed by atoms with Crippen molar-refractivity contribution in [2.45, 2.75) is 0 Å². The smallest absolute Gasteiger partial charge is 0.0468 e. The quantitative estimate of drug-likeness (QED) is 0.145. The maximum Gasteiger partial charge on any atom is 0.0468 e. The second kappa shape index (κ2) is 15.3. The maximum absolute atomic E-state index is 2.44. The molecule has 0 N–H and O–H groups in total. The van der Waals surface area contributed by atoms with Gasteiger partial charge in [0.2, 0.25) is 0 Å². The number of anilines is 3. The molecule has 12 rings (SSSR count). The molecule has 0 amide bonds. The summed E-state index contributed by atoms with van der Waals surface area (Å²) in [5, 5.41) is 12.4. The monoisotopic (exact) mass is 799 g/mol. The molecule has 0 aliphatic carbocycles. The lowest BCUT2D eigenvalue weighted by atomic mass is 9.88. The lowest BCUT2D eigenvalue weighted by molar-refractivity contribution is 1.28. The van der Waals surface area contributed by atoms with Gasteiger partial charge in [0, 0.05) is 17.1 Å². The molecule has 0 unspecified atom stereocenters. The fraction of sp³-hybridized carbons (Fsp3) is 0. The second-order valence-electron chi connectivity index (χ2n) is 16.5. The summed E-state index contributed by atoms with van der Waals surface area (Å²) in [5.74, 6) is 0. The Morgan fingerprint density at radius 2 is 0.667 bits per heavy atom. The molecule has 12 aromatic carbocycles. The van der Waals surface area contributed by atoms with Crippen molar-refractivity contribution in [3.63, 3.8) is 0 Å². The summed E-state index contributed by atoms with van der Waals surface area (Å²) in [6.07, 6.45) is 0. The van der Waals surface area contributed by atoms with Gasteiger partial charge in [0.1, 0.15) is 0 Å². The molecular formula is C62H41N. The number of benzene rings is 12. The molecule has 0 spiro atoms. The van der Waals surface area contributed by atoms with E-state index in [0.717, 1.165) is 17.1 Å². The SMILES string of the molecule is c1cc(-c2cccc3ccccc23)cc(N(c2cccc(-c3cccc4ccccc34)c2)c2ccc(-c3cc4ccccc4c4ccccc34)c(-c3ccc4ccccc4c3)c2)c1. The average Bonchev–Trinajstić information content (AvgIpc) is 3.36.